The Balaban J connectivity index is 1.59. The molecule has 0 saturated carbocycles. The van der Waals surface area contributed by atoms with Crippen molar-refractivity contribution < 1.29 is 4.42 Å². The maximum absolute atomic E-state index is 5.62. The molecule has 7 nitrogen and oxygen atoms in total. The number of hydrogen-bond acceptors (Lipinski definition) is 7. The van der Waals surface area contributed by atoms with Crippen LogP contribution in [-0.4, -0.2) is 30.8 Å². The van der Waals surface area contributed by atoms with Gasteiger partial charge in [0.1, 0.15) is 6.33 Å². The Morgan fingerprint density at radius 3 is 2.75 bits per heavy atom. The standard InChI is InChI=1S/C12H12N6OS/c13-18-8-14-17-12(18)20-7-6-10-15-16-11(19-10)9-4-2-1-3-5-9/h1-5,8H,6-7,13H2. The van der Waals surface area contributed by atoms with E-state index in [1.165, 1.54) is 22.8 Å². The molecule has 2 heterocycles. The highest BCUT2D eigenvalue weighted by Crippen LogP contribution is 2.19. The summed E-state index contributed by atoms with van der Waals surface area (Å²) in [6.45, 7) is 0. The third-order valence-corrected chi connectivity index (χ3v) is 3.53. The van der Waals surface area contributed by atoms with Gasteiger partial charge in [0.2, 0.25) is 16.9 Å². The molecular formula is C12H12N6OS. The average Bonchev–Trinajstić information content (AvgIpc) is 3.10. The van der Waals surface area contributed by atoms with E-state index < -0.39 is 0 Å². The van der Waals surface area contributed by atoms with Crippen LogP contribution in [0.3, 0.4) is 0 Å². The smallest absolute Gasteiger partial charge is 0.247 e. The van der Waals surface area contributed by atoms with Crippen LogP contribution in [0, 0.1) is 0 Å². The van der Waals surface area contributed by atoms with Gasteiger partial charge >= 0.3 is 0 Å². The SMILES string of the molecule is Nn1cnnc1SCCc1nnc(-c2ccccc2)o1. The van der Waals surface area contributed by atoms with Gasteiger partial charge in [0, 0.05) is 17.7 Å². The molecule has 2 N–H and O–H groups in total. The molecule has 0 bridgehead atoms. The van der Waals surface area contributed by atoms with Gasteiger partial charge < -0.3 is 10.3 Å². The summed E-state index contributed by atoms with van der Waals surface area (Å²) in [4.78, 5) is 0. The Labute approximate surface area is 119 Å². The molecule has 20 heavy (non-hydrogen) atoms. The van der Waals surface area contributed by atoms with E-state index >= 15 is 0 Å². The molecule has 0 radical (unpaired) electrons. The fourth-order valence-corrected chi connectivity index (χ4v) is 2.38. The number of hydrogen-bond donors (Lipinski definition) is 1. The van der Waals surface area contributed by atoms with Crippen LogP contribution >= 0.6 is 11.8 Å². The van der Waals surface area contributed by atoms with E-state index in [4.69, 9.17) is 10.3 Å². The van der Waals surface area contributed by atoms with E-state index in [2.05, 4.69) is 20.4 Å². The number of aromatic nitrogens is 5. The summed E-state index contributed by atoms with van der Waals surface area (Å²) in [6.07, 6.45) is 2.11. The molecule has 0 aliphatic carbocycles. The highest BCUT2D eigenvalue weighted by Gasteiger charge is 2.09. The van der Waals surface area contributed by atoms with Gasteiger partial charge in [-0.15, -0.1) is 20.4 Å². The minimum atomic E-state index is 0.535. The van der Waals surface area contributed by atoms with Gasteiger partial charge in [0.05, 0.1) is 0 Å². The van der Waals surface area contributed by atoms with Crippen molar-refractivity contribution >= 4 is 11.8 Å². The molecule has 0 atom stereocenters. The molecule has 0 saturated heterocycles. The third kappa shape index (κ3) is 2.80. The summed E-state index contributed by atoms with van der Waals surface area (Å²) in [5.74, 6) is 7.49. The minimum absolute atomic E-state index is 0.535. The number of thioether (sulfide) groups is 1. The van der Waals surface area contributed by atoms with Crippen LogP contribution in [0.15, 0.2) is 46.2 Å². The van der Waals surface area contributed by atoms with Crippen molar-refractivity contribution in [1.82, 2.24) is 25.1 Å². The molecule has 2 aromatic heterocycles. The van der Waals surface area contributed by atoms with Crippen molar-refractivity contribution in [3.05, 3.63) is 42.5 Å². The Bertz CT molecular complexity index is 680. The molecule has 0 spiro atoms. The Hall–Kier alpha value is -2.35. The fourth-order valence-electron chi connectivity index (χ4n) is 1.62. The van der Waals surface area contributed by atoms with Crippen LogP contribution in [0.2, 0.25) is 0 Å². The predicted molar refractivity (Wildman–Crippen MR) is 74.3 cm³/mol. The zero-order valence-electron chi connectivity index (χ0n) is 10.5. The van der Waals surface area contributed by atoms with Gasteiger partial charge in [0.25, 0.3) is 0 Å². The molecule has 0 unspecified atom stereocenters. The first-order valence-electron chi connectivity index (χ1n) is 5.98. The summed E-state index contributed by atoms with van der Waals surface area (Å²) in [5.41, 5.74) is 0.917. The number of benzene rings is 1. The van der Waals surface area contributed by atoms with Crippen LogP contribution in [0.25, 0.3) is 11.5 Å². The third-order valence-electron chi connectivity index (χ3n) is 2.57. The number of nitrogens with two attached hydrogens (primary N) is 1. The molecule has 0 aliphatic rings. The average molecular weight is 288 g/mol. The van der Waals surface area contributed by atoms with E-state index in [1.54, 1.807) is 0 Å². The lowest BCUT2D eigenvalue weighted by atomic mass is 10.2. The van der Waals surface area contributed by atoms with Gasteiger partial charge in [-0.05, 0) is 12.1 Å². The summed E-state index contributed by atoms with van der Waals surface area (Å²) in [7, 11) is 0. The first-order chi connectivity index (χ1) is 9.83. The van der Waals surface area contributed by atoms with Gasteiger partial charge in [0.15, 0.2) is 0 Å². The van der Waals surface area contributed by atoms with Crippen LogP contribution < -0.4 is 5.84 Å². The zero-order valence-corrected chi connectivity index (χ0v) is 11.3. The zero-order chi connectivity index (χ0) is 13.8. The highest BCUT2D eigenvalue weighted by atomic mass is 32.2. The molecule has 8 heteroatoms. The number of rotatable bonds is 5. The van der Waals surface area contributed by atoms with Crippen molar-refractivity contribution in [3.8, 4) is 11.5 Å². The van der Waals surface area contributed by atoms with Gasteiger partial charge in [-0.1, -0.05) is 30.0 Å². The lowest BCUT2D eigenvalue weighted by molar-refractivity contribution is 0.514. The molecule has 0 fully saturated rings. The number of aryl methyl sites for hydroxylation is 1. The fraction of sp³-hybridized carbons (Fsp3) is 0.167. The normalized spacial score (nSPS) is 10.8. The first-order valence-corrected chi connectivity index (χ1v) is 6.97. The van der Waals surface area contributed by atoms with Gasteiger partial charge in [-0.3, -0.25) is 0 Å². The largest absolute Gasteiger partial charge is 0.421 e. The van der Waals surface area contributed by atoms with Crippen molar-refractivity contribution in [3.63, 3.8) is 0 Å². The molecule has 0 amide bonds. The summed E-state index contributed by atoms with van der Waals surface area (Å²) in [6, 6.07) is 9.68. The molecule has 102 valence electrons. The second kappa shape index (κ2) is 5.74. The molecule has 3 aromatic rings. The first kappa shape index (κ1) is 12.7. The quantitative estimate of drug-likeness (QED) is 0.559. The van der Waals surface area contributed by atoms with Crippen molar-refractivity contribution in [2.45, 2.75) is 11.6 Å². The number of nitrogens with zero attached hydrogens (tertiary/aromatic N) is 5. The minimum Gasteiger partial charge on any atom is -0.421 e. The van der Waals surface area contributed by atoms with E-state index in [-0.39, 0.29) is 0 Å². The lowest BCUT2D eigenvalue weighted by Crippen LogP contribution is -2.08. The van der Waals surface area contributed by atoms with Crippen molar-refractivity contribution in [1.29, 1.82) is 0 Å². The summed E-state index contributed by atoms with van der Waals surface area (Å²) in [5, 5.41) is 16.3. The molecular weight excluding hydrogens is 276 g/mol. The maximum atomic E-state index is 5.62. The lowest BCUT2D eigenvalue weighted by Gasteiger charge is -1.97. The molecule has 1 aromatic carbocycles. The van der Waals surface area contributed by atoms with Crippen LogP contribution in [0.5, 0.6) is 0 Å². The Kier molecular flexibility index (Phi) is 3.64. The Morgan fingerprint density at radius 1 is 1.15 bits per heavy atom. The van der Waals surface area contributed by atoms with Crippen molar-refractivity contribution in [2.24, 2.45) is 0 Å². The van der Waals surface area contributed by atoms with Gasteiger partial charge in [-0.2, -0.15) is 0 Å². The van der Waals surface area contributed by atoms with Crippen LogP contribution in [-0.2, 0) is 6.42 Å². The Morgan fingerprint density at radius 2 is 2.00 bits per heavy atom. The number of nitrogen functional groups attached to an aromatic ring is 1. The predicted octanol–water partition coefficient (Wildman–Crippen LogP) is 1.38. The van der Waals surface area contributed by atoms with E-state index in [0.717, 1.165) is 11.3 Å². The second-order valence-electron chi connectivity index (χ2n) is 3.99. The van der Waals surface area contributed by atoms with Crippen LogP contribution in [0.4, 0.5) is 0 Å². The van der Waals surface area contributed by atoms with E-state index in [0.29, 0.717) is 23.4 Å². The second-order valence-corrected chi connectivity index (χ2v) is 5.05. The van der Waals surface area contributed by atoms with E-state index in [9.17, 15) is 0 Å². The maximum Gasteiger partial charge on any atom is 0.247 e. The van der Waals surface area contributed by atoms with Crippen LogP contribution in [0.1, 0.15) is 5.89 Å². The summed E-state index contributed by atoms with van der Waals surface area (Å²) < 4.78 is 6.99. The van der Waals surface area contributed by atoms with Gasteiger partial charge in [-0.25, -0.2) is 4.68 Å². The monoisotopic (exact) mass is 288 g/mol. The molecule has 0 aliphatic heterocycles. The van der Waals surface area contributed by atoms with Crippen molar-refractivity contribution in [2.75, 3.05) is 11.6 Å². The molecule has 3 rings (SSSR count). The summed E-state index contributed by atoms with van der Waals surface area (Å²) >= 11 is 1.49. The highest BCUT2D eigenvalue weighted by molar-refractivity contribution is 7.99. The topological polar surface area (TPSA) is 95.7 Å². The van der Waals surface area contributed by atoms with E-state index in [1.807, 2.05) is 30.3 Å².